The number of fused-ring (bicyclic) bond motifs is 1. The highest BCUT2D eigenvalue weighted by atomic mass is 79.9. The molecule has 0 saturated heterocycles. The summed E-state index contributed by atoms with van der Waals surface area (Å²) in [7, 11) is 0. The number of aryl methyl sites for hydroxylation is 1. The first-order chi connectivity index (χ1) is 9.51. The van der Waals surface area contributed by atoms with Gasteiger partial charge in [-0.25, -0.2) is 4.79 Å². The van der Waals surface area contributed by atoms with E-state index in [1.165, 1.54) is 6.92 Å². The zero-order chi connectivity index (χ0) is 14.9. The molecule has 2 rings (SSSR count). The number of ether oxygens (including phenoxy) is 1. The molecule has 1 aromatic carbocycles. The molecule has 0 unspecified atom stereocenters. The van der Waals surface area contributed by atoms with E-state index in [9.17, 15) is 9.59 Å². The van der Waals surface area contributed by atoms with Crippen LogP contribution in [0.1, 0.15) is 40.3 Å². The molecule has 0 spiro atoms. The van der Waals surface area contributed by atoms with E-state index in [-0.39, 0.29) is 11.9 Å². The molecule has 5 heteroatoms. The quantitative estimate of drug-likeness (QED) is 0.634. The summed E-state index contributed by atoms with van der Waals surface area (Å²) in [5, 5.41) is 1.49. The third-order valence-corrected chi connectivity index (χ3v) is 3.83. The number of rotatable bonds is 3. The second-order valence-corrected chi connectivity index (χ2v) is 5.07. The van der Waals surface area contributed by atoms with Crippen molar-refractivity contribution in [2.75, 3.05) is 6.61 Å². The van der Waals surface area contributed by atoms with E-state index in [1.807, 2.05) is 6.92 Å². The van der Waals surface area contributed by atoms with Crippen molar-refractivity contribution < 1.29 is 14.3 Å². The molecule has 2 aromatic rings. The number of alkyl halides is 1. The molecule has 0 fully saturated rings. The number of carbonyl (C=O) groups excluding carboxylic acids is 2. The fourth-order valence-electron chi connectivity index (χ4n) is 2.36. The number of halogens is 1. The maximum Gasteiger partial charge on any atom is 0.338 e. The topological polar surface area (TPSA) is 48.3 Å². The van der Waals surface area contributed by atoms with Gasteiger partial charge in [0.25, 0.3) is 0 Å². The lowest BCUT2D eigenvalue weighted by molar-refractivity contribution is 0.0526. The van der Waals surface area contributed by atoms with Crippen LogP contribution in [0.5, 0.6) is 0 Å². The molecule has 0 aliphatic rings. The van der Waals surface area contributed by atoms with Crippen LogP contribution < -0.4 is 0 Å². The molecular formula is C15H16BrNO3. The molecule has 0 radical (unpaired) electrons. The fraction of sp³-hybridized carbons (Fsp3) is 0.333. The van der Waals surface area contributed by atoms with E-state index >= 15 is 0 Å². The Kier molecular flexibility index (Phi) is 4.28. The minimum atomic E-state index is -0.343. The number of carbonyl (C=O) groups is 2. The Morgan fingerprint density at radius 1 is 1.35 bits per heavy atom. The maximum atomic E-state index is 11.8. The molecule has 0 amide bonds. The summed E-state index contributed by atoms with van der Waals surface area (Å²) in [5.74, 6) is -0.383. The Balaban J connectivity index is 2.67. The summed E-state index contributed by atoms with van der Waals surface area (Å²) < 4.78 is 6.68. The van der Waals surface area contributed by atoms with Gasteiger partial charge >= 0.3 is 5.97 Å². The molecular weight excluding hydrogens is 322 g/mol. The fourth-order valence-corrected chi connectivity index (χ4v) is 3.03. The van der Waals surface area contributed by atoms with E-state index < -0.39 is 0 Å². The van der Waals surface area contributed by atoms with Crippen molar-refractivity contribution in [3.8, 4) is 0 Å². The molecule has 0 aliphatic carbocycles. The standard InChI is InChI=1S/C15H16BrNO3/c1-4-20-15(19)11-5-6-13-12(7-11)9(2)14(8-16)17(13)10(3)18/h5-7H,4,8H2,1-3H3. The van der Waals surface area contributed by atoms with Gasteiger partial charge in [0.05, 0.1) is 17.7 Å². The van der Waals surface area contributed by atoms with Gasteiger partial charge in [0.2, 0.25) is 5.91 Å². The molecule has 1 heterocycles. The van der Waals surface area contributed by atoms with E-state index in [1.54, 1.807) is 29.7 Å². The van der Waals surface area contributed by atoms with Crippen LogP contribution in [0.2, 0.25) is 0 Å². The van der Waals surface area contributed by atoms with Crippen molar-refractivity contribution in [1.29, 1.82) is 0 Å². The van der Waals surface area contributed by atoms with Crippen molar-refractivity contribution >= 4 is 38.7 Å². The minimum absolute atomic E-state index is 0.0403. The normalized spacial score (nSPS) is 10.8. The molecule has 106 valence electrons. The van der Waals surface area contributed by atoms with Gasteiger partial charge in [0.15, 0.2) is 0 Å². The third kappa shape index (κ3) is 2.38. The first-order valence-corrected chi connectivity index (χ1v) is 7.51. The summed E-state index contributed by atoms with van der Waals surface area (Å²) >= 11 is 3.41. The Morgan fingerprint density at radius 3 is 2.60 bits per heavy atom. The molecule has 0 N–H and O–H groups in total. The number of esters is 1. The zero-order valence-corrected chi connectivity index (χ0v) is 13.3. The Morgan fingerprint density at radius 2 is 2.05 bits per heavy atom. The highest BCUT2D eigenvalue weighted by Gasteiger charge is 2.17. The van der Waals surface area contributed by atoms with Gasteiger partial charge in [0.1, 0.15) is 0 Å². The number of hydrogen-bond acceptors (Lipinski definition) is 3. The molecule has 0 atom stereocenters. The predicted octanol–water partition coefficient (Wildman–Crippen LogP) is 3.68. The molecule has 4 nitrogen and oxygen atoms in total. The molecule has 0 aliphatic heterocycles. The molecule has 0 saturated carbocycles. The first kappa shape index (κ1) is 14.8. The predicted molar refractivity (Wildman–Crippen MR) is 81.6 cm³/mol. The zero-order valence-electron chi connectivity index (χ0n) is 11.7. The minimum Gasteiger partial charge on any atom is -0.462 e. The lowest BCUT2D eigenvalue weighted by Crippen LogP contribution is -2.09. The van der Waals surface area contributed by atoms with E-state index in [4.69, 9.17) is 4.74 Å². The number of nitrogens with zero attached hydrogens (tertiary/aromatic N) is 1. The van der Waals surface area contributed by atoms with Gasteiger partial charge in [-0.3, -0.25) is 9.36 Å². The smallest absolute Gasteiger partial charge is 0.338 e. The SMILES string of the molecule is CCOC(=O)c1ccc2c(c1)c(C)c(CBr)n2C(C)=O. The lowest BCUT2D eigenvalue weighted by Gasteiger charge is -2.05. The number of aromatic nitrogens is 1. The van der Waals surface area contributed by atoms with Crippen LogP contribution in [-0.4, -0.2) is 23.1 Å². The van der Waals surface area contributed by atoms with Crippen LogP contribution in [-0.2, 0) is 10.1 Å². The highest BCUT2D eigenvalue weighted by molar-refractivity contribution is 9.08. The molecule has 1 aromatic heterocycles. The van der Waals surface area contributed by atoms with Gasteiger partial charge in [0, 0.05) is 23.3 Å². The van der Waals surface area contributed by atoms with Crippen molar-refractivity contribution in [3.05, 3.63) is 35.0 Å². The van der Waals surface area contributed by atoms with Crippen LogP contribution in [0.4, 0.5) is 0 Å². The van der Waals surface area contributed by atoms with Gasteiger partial charge < -0.3 is 4.74 Å². The maximum absolute atomic E-state index is 11.8. The average molecular weight is 338 g/mol. The summed E-state index contributed by atoms with van der Waals surface area (Å²) in [6.07, 6.45) is 0. The average Bonchev–Trinajstić information content (AvgIpc) is 2.71. The molecule has 20 heavy (non-hydrogen) atoms. The van der Waals surface area contributed by atoms with E-state index in [0.29, 0.717) is 17.5 Å². The first-order valence-electron chi connectivity index (χ1n) is 6.39. The van der Waals surface area contributed by atoms with E-state index in [2.05, 4.69) is 15.9 Å². The highest BCUT2D eigenvalue weighted by Crippen LogP contribution is 2.28. The van der Waals surface area contributed by atoms with Gasteiger partial charge in [-0.15, -0.1) is 0 Å². The van der Waals surface area contributed by atoms with E-state index in [0.717, 1.165) is 22.2 Å². The van der Waals surface area contributed by atoms with Crippen LogP contribution >= 0.6 is 15.9 Å². The van der Waals surface area contributed by atoms with Crippen LogP contribution in [0.15, 0.2) is 18.2 Å². The van der Waals surface area contributed by atoms with Crippen LogP contribution in [0.3, 0.4) is 0 Å². The van der Waals surface area contributed by atoms with Crippen LogP contribution in [0.25, 0.3) is 10.9 Å². The summed E-state index contributed by atoms with van der Waals surface area (Å²) in [6.45, 7) is 5.60. The van der Waals surface area contributed by atoms with Crippen molar-refractivity contribution in [1.82, 2.24) is 4.57 Å². The summed E-state index contributed by atoms with van der Waals surface area (Å²) in [4.78, 5) is 23.6. The van der Waals surface area contributed by atoms with Crippen LogP contribution in [0, 0.1) is 6.92 Å². The number of benzene rings is 1. The summed E-state index contributed by atoms with van der Waals surface area (Å²) in [6, 6.07) is 5.27. The van der Waals surface area contributed by atoms with Gasteiger partial charge in [-0.05, 0) is 37.6 Å². The van der Waals surface area contributed by atoms with Gasteiger partial charge in [-0.2, -0.15) is 0 Å². The lowest BCUT2D eigenvalue weighted by atomic mass is 10.1. The second-order valence-electron chi connectivity index (χ2n) is 4.51. The Hall–Kier alpha value is -1.62. The molecule has 0 bridgehead atoms. The van der Waals surface area contributed by atoms with Gasteiger partial charge in [-0.1, -0.05) is 15.9 Å². The summed E-state index contributed by atoms with van der Waals surface area (Å²) in [5.41, 5.74) is 3.23. The number of hydrogen-bond donors (Lipinski definition) is 0. The second kappa shape index (κ2) is 5.79. The largest absolute Gasteiger partial charge is 0.462 e. The van der Waals surface area contributed by atoms with Crippen molar-refractivity contribution in [2.24, 2.45) is 0 Å². The monoisotopic (exact) mass is 337 g/mol. The Bertz CT molecular complexity index is 688. The Labute approximate surface area is 125 Å². The third-order valence-electron chi connectivity index (χ3n) is 3.30. The van der Waals surface area contributed by atoms with Crippen molar-refractivity contribution in [2.45, 2.75) is 26.1 Å². The van der Waals surface area contributed by atoms with Crippen molar-refractivity contribution in [3.63, 3.8) is 0 Å².